The molecule has 0 atom stereocenters. The minimum atomic E-state index is -0.293. The van der Waals surface area contributed by atoms with Crippen molar-refractivity contribution in [2.75, 3.05) is 11.4 Å². The van der Waals surface area contributed by atoms with Crippen LogP contribution in [0, 0.1) is 6.92 Å². The SMILES string of the molecule is CCCCn1c(=O)c2c(nc3n2CCCN3c2ccccc2C)n(C)c1=O. The van der Waals surface area contributed by atoms with Crippen molar-refractivity contribution < 1.29 is 0 Å². The summed E-state index contributed by atoms with van der Waals surface area (Å²) in [6, 6.07) is 8.17. The van der Waals surface area contributed by atoms with Crippen molar-refractivity contribution >= 4 is 22.8 Å². The average Bonchev–Trinajstić information content (AvgIpc) is 3.07. The van der Waals surface area contributed by atoms with E-state index in [0.29, 0.717) is 17.7 Å². The van der Waals surface area contributed by atoms with Gasteiger partial charge in [0.15, 0.2) is 11.2 Å². The normalized spacial score (nSPS) is 14.0. The van der Waals surface area contributed by atoms with Gasteiger partial charge in [0.1, 0.15) is 0 Å². The monoisotopic (exact) mass is 367 g/mol. The number of hydrogen-bond donors (Lipinski definition) is 0. The molecule has 142 valence electrons. The lowest BCUT2D eigenvalue weighted by Gasteiger charge is -2.30. The van der Waals surface area contributed by atoms with E-state index in [-0.39, 0.29) is 11.2 Å². The summed E-state index contributed by atoms with van der Waals surface area (Å²) in [5, 5.41) is 0. The van der Waals surface area contributed by atoms with Crippen LogP contribution >= 0.6 is 0 Å². The molecule has 27 heavy (non-hydrogen) atoms. The maximum Gasteiger partial charge on any atom is 0.332 e. The Morgan fingerprint density at radius 2 is 1.93 bits per heavy atom. The second-order valence-corrected chi connectivity index (χ2v) is 7.18. The Hall–Kier alpha value is -2.83. The molecule has 0 saturated carbocycles. The first-order chi connectivity index (χ1) is 13.0. The number of rotatable bonds is 4. The van der Waals surface area contributed by atoms with Gasteiger partial charge in [-0.3, -0.25) is 13.9 Å². The zero-order chi connectivity index (χ0) is 19.1. The van der Waals surface area contributed by atoms with Crippen molar-refractivity contribution in [1.82, 2.24) is 18.7 Å². The fraction of sp³-hybridized carbons (Fsp3) is 0.450. The van der Waals surface area contributed by atoms with Crippen LogP contribution in [0.15, 0.2) is 33.9 Å². The van der Waals surface area contributed by atoms with Crippen molar-refractivity contribution in [1.29, 1.82) is 0 Å². The van der Waals surface area contributed by atoms with Crippen molar-refractivity contribution in [3.05, 3.63) is 50.7 Å². The Morgan fingerprint density at radius 3 is 2.67 bits per heavy atom. The molecule has 3 heterocycles. The number of unbranched alkanes of at least 4 members (excludes halogenated alkanes) is 1. The van der Waals surface area contributed by atoms with Gasteiger partial charge >= 0.3 is 5.69 Å². The molecule has 4 rings (SSSR count). The fourth-order valence-electron chi connectivity index (χ4n) is 3.87. The fourth-order valence-corrected chi connectivity index (χ4v) is 3.87. The summed E-state index contributed by atoms with van der Waals surface area (Å²) < 4.78 is 4.84. The van der Waals surface area contributed by atoms with Gasteiger partial charge in [-0.25, -0.2) is 4.79 Å². The van der Waals surface area contributed by atoms with Crippen LogP contribution in [0.5, 0.6) is 0 Å². The van der Waals surface area contributed by atoms with Gasteiger partial charge in [0.05, 0.1) is 0 Å². The van der Waals surface area contributed by atoms with E-state index >= 15 is 0 Å². The molecule has 0 aliphatic carbocycles. The lowest BCUT2D eigenvalue weighted by Crippen LogP contribution is -2.40. The van der Waals surface area contributed by atoms with Crippen molar-refractivity contribution in [2.45, 2.75) is 46.2 Å². The molecule has 1 aliphatic rings. The Morgan fingerprint density at radius 1 is 1.15 bits per heavy atom. The number of benzene rings is 1. The summed E-state index contributed by atoms with van der Waals surface area (Å²) in [5.74, 6) is 0.742. The highest BCUT2D eigenvalue weighted by Crippen LogP contribution is 2.32. The predicted molar refractivity (Wildman–Crippen MR) is 107 cm³/mol. The van der Waals surface area contributed by atoms with Crippen LogP contribution < -0.4 is 16.1 Å². The third kappa shape index (κ3) is 2.69. The smallest absolute Gasteiger partial charge is 0.312 e. The zero-order valence-corrected chi connectivity index (χ0v) is 16.1. The second kappa shape index (κ2) is 6.72. The largest absolute Gasteiger partial charge is 0.332 e. The van der Waals surface area contributed by atoms with Gasteiger partial charge in [-0.15, -0.1) is 0 Å². The molecular formula is C20H25N5O2. The highest BCUT2D eigenvalue weighted by Gasteiger charge is 2.27. The lowest BCUT2D eigenvalue weighted by molar-refractivity contribution is 0.560. The summed E-state index contributed by atoms with van der Waals surface area (Å²) in [6.07, 6.45) is 2.65. The van der Waals surface area contributed by atoms with Gasteiger partial charge in [0, 0.05) is 32.4 Å². The molecule has 0 bridgehead atoms. The van der Waals surface area contributed by atoms with Crippen LogP contribution in [0.4, 0.5) is 11.6 Å². The number of para-hydroxylation sites is 1. The van der Waals surface area contributed by atoms with Gasteiger partial charge < -0.3 is 9.47 Å². The third-order valence-electron chi connectivity index (χ3n) is 5.36. The van der Waals surface area contributed by atoms with Gasteiger partial charge in [0.25, 0.3) is 5.56 Å². The average molecular weight is 367 g/mol. The quantitative estimate of drug-likeness (QED) is 0.711. The van der Waals surface area contributed by atoms with Crippen LogP contribution in [0.1, 0.15) is 31.7 Å². The van der Waals surface area contributed by atoms with Crippen molar-refractivity contribution in [3.8, 4) is 0 Å². The molecule has 0 N–H and O–H groups in total. The lowest BCUT2D eigenvalue weighted by atomic mass is 10.1. The summed E-state index contributed by atoms with van der Waals surface area (Å²) in [4.78, 5) is 32.7. The van der Waals surface area contributed by atoms with Gasteiger partial charge in [-0.05, 0) is 31.4 Å². The number of aromatic nitrogens is 4. The van der Waals surface area contributed by atoms with E-state index in [1.165, 1.54) is 9.13 Å². The second-order valence-electron chi connectivity index (χ2n) is 7.18. The van der Waals surface area contributed by atoms with Crippen molar-refractivity contribution in [2.24, 2.45) is 7.05 Å². The van der Waals surface area contributed by atoms with Crippen LogP contribution in [0.3, 0.4) is 0 Å². The highest BCUT2D eigenvalue weighted by molar-refractivity contribution is 5.77. The summed E-state index contributed by atoms with van der Waals surface area (Å²) in [6.45, 7) is 6.14. The Labute approximate surface area is 157 Å². The molecule has 7 heteroatoms. The molecule has 0 fully saturated rings. The van der Waals surface area contributed by atoms with Crippen LogP contribution in [0.2, 0.25) is 0 Å². The van der Waals surface area contributed by atoms with E-state index in [1.54, 1.807) is 7.05 Å². The van der Waals surface area contributed by atoms with E-state index < -0.39 is 0 Å². The summed E-state index contributed by atoms with van der Waals surface area (Å²) >= 11 is 0. The topological polar surface area (TPSA) is 65.1 Å². The molecule has 1 aliphatic heterocycles. The number of hydrogen-bond acceptors (Lipinski definition) is 4. The number of fused-ring (bicyclic) bond motifs is 3. The first-order valence-corrected chi connectivity index (χ1v) is 9.57. The van der Waals surface area contributed by atoms with Gasteiger partial charge in [-0.2, -0.15) is 4.98 Å². The van der Waals surface area contributed by atoms with Gasteiger partial charge in [0.2, 0.25) is 5.95 Å². The first kappa shape index (κ1) is 17.6. The molecular weight excluding hydrogens is 342 g/mol. The van der Waals surface area contributed by atoms with Crippen LogP contribution in [-0.4, -0.2) is 25.2 Å². The molecule has 0 saturated heterocycles. The maximum absolute atomic E-state index is 13.1. The molecule has 3 aromatic rings. The molecule has 0 unspecified atom stereocenters. The minimum Gasteiger partial charge on any atom is -0.312 e. The minimum absolute atomic E-state index is 0.230. The zero-order valence-electron chi connectivity index (χ0n) is 16.1. The molecule has 0 amide bonds. The number of aryl methyl sites for hydroxylation is 3. The van der Waals surface area contributed by atoms with E-state index in [4.69, 9.17) is 4.98 Å². The summed E-state index contributed by atoms with van der Waals surface area (Å²) in [5.41, 5.74) is 2.72. The summed E-state index contributed by atoms with van der Waals surface area (Å²) in [7, 11) is 1.70. The molecule has 7 nitrogen and oxygen atoms in total. The molecule has 0 radical (unpaired) electrons. The van der Waals surface area contributed by atoms with Crippen LogP contribution in [0.25, 0.3) is 11.2 Å². The Kier molecular flexibility index (Phi) is 4.37. The van der Waals surface area contributed by atoms with Gasteiger partial charge in [-0.1, -0.05) is 31.5 Å². The third-order valence-corrected chi connectivity index (χ3v) is 5.36. The number of anilines is 2. The van der Waals surface area contributed by atoms with E-state index in [2.05, 4.69) is 30.9 Å². The standard InChI is InChI=1S/C20H25N5O2/c1-4-5-11-25-18(26)16-17(22(3)20(25)27)21-19-23(12-8-13-24(16)19)15-10-7-6-9-14(15)2/h6-7,9-10H,4-5,8,11-13H2,1-3H3. The number of imidazole rings is 1. The Balaban J connectivity index is 1.97. The maximum atomic E-state index is 13.1. The first-order valence-electron chi connectivity index (χ1n) is 9.57. The van der Waals surface area contributed by atoms with E-state index in [1.807, 2.05) is 16.7 Å². The van der Waals surface area contributed by atoms with Crippen molar-refractivity contribution in [3.63, 3.8) is 0 Å². The molecule has 2 aromatic heterocycles. The molecule has 1 aromatic carbocycles. The Bertz CT molecular complexity index is 1120. The van der Waals surface area contributed by atoms with Crippen LogP contribution in [-0.2, 0) is 20.1 Å². The van der Waals surface area contributed by atoms with E-state index in [9.17, 15) is 9.59 Å². The van der Waals surface area contributed by atoms with E-state index in [0.717, 1.165) is 49.6 Å². The highest BCUT2D eigenvalue weighted by atomic mass is 16.2. The predicted octanol–water partition coefficient (Wildman–Crippen LogP) is 2.55. The number of nitrogens with zero attached hydrogens (tertiary/aromatic N) is 5. The molecule has 0 spiro atoms.